The number of unbranched alkanes of at least 4 members (excludes halogenated alkanes) is 2. The molecule has 0 aliphatic heterocycles. The summed E-state index contributed by atoms with van der Waals surface area (Å²) in [5.41, 5.74) is 1.21. The predicted molar refractivity (Wildman–Crippen MR) is 100 cm³/mol. The number of rotatable bonds is 12. The Morgan fingerprint density at radius 2 is 1.92 bits per heavy atom. The fraction of sp³-hybridized carbons (Fsp3) is 0.632. The van der Waals surface area contributed by atoms with Crippen LogP contribution in [0.15, 0.2) is 35.3 Å². The number of hydrogen-bond donors (Lipinski definition) is 2. The summed E-state index contributed by atoms with van der Waals surface area (Å²) in [6, 6.07) is 10.3. The molecule has 0 saturated carbocycles. The molecule has 0 radical (unpaired) electrons. The van der Waals surface area contributed by atoms with Crippen molar-refractivity contribution in [3.63, 3.8) is 0 Å². The molecule has 1 unspecified atom stereocenters. The highest BCUT2D eigenvalue weighted by molar-refractivity contribution is 5.79. The van der Waals surface area contributed by atoms with Gasteiger partial charge in [-0.15, -0.1) is 0 Å². The van der Waals surface area contributed by atoms with Crippen molar-refractivity contribution in [3.05, 3.63) is 35.9 Å². The molecule has 5 nitrogen and oxygen atoms in total. The number of ether oxygens (including phenoxy) is 2. The first-order valence-electron chi connectivity index (χ1n) is 8.81. The Labute approximate surface area is 146 Å². The standard InChI is InChI=1S/C19H33N3O2/c1-17(15-24-16-18-10-6-4-7-11-18)14-22-19(20-2)21-12-8-5-9-13-23-3/h4,6-7,10-11,17H,5,8-9,12-16H2,1-3H3,(H2,20,21,22). The molecular weight excluding hydrogens is 302 g/mol. The first-order chi connectivity index (χ1) is 11.8. The van der Waals surface area contributed by atoms with Crippen LogP contribution in [-0.4, -0.2) is 46.4 Å². The Morgan fingerprint density at radius 3 is 2.62 bits per heavy atom. The second-order valence-corrected chi connectivity index (χ2v) is 6.04. The number of nitrogens with one attached hydrogen (secondary N) is 2. The molecule has 1 atom stereocenters. The van der Waals surface area contributed by atoms with E-state index in [4.69, 9.17) is 9.47 Å². The Balaban J connectivity index is 2.07. The minimum absolute atomic E-state index is 0.425. The summed E-state index contributed by atoms with van der Waals surface area (Å²) in [6.07, 6.45) is 3.40. The zero-order chi connectivity index (χ0) is 17.5. The first kappa shape index (κ1) is 20.5. The van der Waals surface area contributed by atoms with Crippen molar-refractivity contribution in [2.45, 2.75) is 32.8 Å². The molecule has 0 bridgehead atoms. The summed E-state index contributed by atoms with van der Waals surface area (Å²) in [7, 11) is 3.55. The number of nitrogens with zero attached hydrogens (tertiary/aromatic N) is 1. The molecule has 0 aliphatic carbocycles. The third kappa shape index (κ3) is 10.2. The van der Waals surface area contributed by atoms with Crippen molar-refractivity contribution >= 4 is 5.96 Å². The van der Waals surface area contributed by atoms with E-state index in [0.717, 1.165) is 45.1 Å². The zero-order valence-corrected chi connectivity index (χ0v) is 15.4. The van der Waals surface area contributed by atoms with Crippen LogP contribution in [-0.2, 0) is 16.1 Å². The SMILES string of the molecule is CN=C(NCCCCCOC)NCC(C)COCc1ccccc1. The molecule has 0 saturated heterocycles. The molecule has 0 amide bonds. The maximum Gasteiger partial charge on any atom is 0.190 e. The summed E-state index contributed by atoms with van der Waals surface area (Å²) in [5.74, 6) is 1.28. The number of benzene rings is 1. The van der Waals surface area contributed by atoms with E-state index in [2.05, 4.69) is 34.7 Å². The van der Waals surface area contributed by atoms with Gasteiger partial charge < -0.3 is 20.1 Å². The van der Waals surface area contributed by atoms with Gasteiger partial charge in [-0.25, -0.2) is 0 Å². The molecule has 1 rings (SSSR count). The average molecular weight is 335 g/mol. The van der Waals surface area contributed by atoms with Gasteiger partial charge in [-0.3, -0.25) is 4.99 Å². The largest absolute Gasteiger partial charge is 0.385 e. The van der Waals surface area contributed by atoms with Crippen molar-refractivity contribution in [1.29, 1.82) is 0 Å². The highest BCUT2D eigenvalue weighted by Gasteiger charge is 2.04. The van der Waals surface area contributed by atoms with Gasteiger partial charge in [-0.1, -0.05) is 37.3 Å². The minimum atomic E-state index is 0.425. The molecule has 136 valence electrons. The van der Waals surface area contributed by atoms with E-state index in [9.17, 15) is 0 Å². The number of methoxy groups -OCH3 is 1. The normalized spacial score (nSPS) is 12.9. The lowest BCUT2D eigenvalue weighted by Gasteiger charge is -2.16. The third-order valence-electron chi connectivity index (χ3n) is 3.67. The third-order valence-corrected chi connectivity index (χ3v) is 3.67. The van der Waals surface area contributed by atoms with E-state index >= 15 is 0 Å². The van der Waals surface area contributed by atoms with Gasteiger partial charge in [0.15, 0.2) is 5.96 Å². The van der Waals surface area contributed by atoms with Crippen molar-refractivity contribution in [2.75, 3.05) is 40.5 Å². The number of hydrogen-bond acceptors (Lipinski definition) is 3. The first-order valence-corrected chi connectivity index (χ1v) is 8.81. The monoisotopic (exact) mass is 335 g/mol. The molecular formula is C19H33N3O2. The lowest BCUT2D eigenvalue weighted by molar-refractivity contribution is 0.0931. The van der Waals surface area contributed by atoms with Crippen LogP contribution in [0.1, 0.15) is 31.7 Å². The van der Waals surface area contributed by atoms with Gasteiger partial charge in [0, 0.05) is 33.9 Å². The highest BCUT2D eigenvalue weighted by atomic mass is 16.5. The van der Waals surface area contributed by atoms with Gasteiger partial charge in [-0.05, 0) is 30.7 Å². The predicted octanol–water partition coefficient (Wildman–Crippen LogP) is 2.82. The van der Waals surface area contributed by atoms with Crippen LogP contribution in [0.5, 0.6) is 0 Å². The summed E-state index contributed by atoms with van der Waals surface area (Å²) in [4.78, 5) is 4.25. The Hall–Kier alpha value is -1.59. The molecule has 5 heteroatoms. The number of aliphatic imine (C=N–C) groups is 1. The van der Waals surface area contributed by atoms with Crippen LogP contribution in [0, 0.1) is 5.92 Å². The maximum atomic E-state index is 5.77. The fourth-order valence-electron chi connectivity index (χ4n) is 2.26. The van der Waals surface area contributed by atoms with Crippen LogP contribution in [0.25, 0.3) is 0 Å². The van der Waals surface area contributed by atoms with E-state index in [1.54, 1.807) is 14.2 Å². The molecule has 1 aromatic carbocycles. The van der Waals surface area contributed by atoms with Crippen molar-refractivity contribution in [2.24, 2.45) is 10.9 Å². The van der Waals surface area contributed by atoms with Crippen molar-refractivity contribution < 1.29 is 9.47 Å². The molecule has 0 spiro atoms. The summed E-state index contributed by atoms with van der Waals surface area (Å²) in [6.45, 7) is 6.19. The van der Waals surface area contributed by atoms with Crippen LogP contribution in [0.4, 0.5) is 0 Å². The molecule has 0 heterocycles. The highest BCUT2D eigenvalue weighted by Crippen LogP contribution is 2.02. The van der Waals surface area contributed by atoms with Gasteiger partial charge in [0.25, 0.3) is 0 Å². The summed E-state index contributed by atoms with van der Waals surface area (Å²) < 4.78 is 10.8. The molecule has 0 aromatic heterocycles. The second kappa shape index (κ2) is 13.8. The average Bonchev–Trinajstić information content (AvgIpc) is 2.61. The van der Waals surface area contributed by atoms with E-state index in [1.807, 2.05) is 18.2 Å². The molecule has 2 N–H and O–H groups in total. The van der Waals surface area contributed by atoms with E-state index in [0.29, 0.717) is 12.5 Å². The van der Waals surface area contributed by atoms with Gasteiger partial charge in [0.1, 0.15) is 0 Å². The van der Waals surface area contributed by atoms with Gasteiger partial charge in [-0.2, -0.15) is 0 Å². The van der Waals surface area contributed by atoms with Crippen molar-refractivity contribution in [1.82, 2.24) is 10.6 Å². The van der Waals surface area contributed by atoms with Crippen LogP contribution >= 0.6 is 0 Å². The van der Waals surface area contributed by atoms with E-state index in [-0.39, 0.29) is 0 Å². The van der Waals surface area contributed by atoms with Crippen LogP contribution in [0.2, 0.25) is 0 Å². The quantitative estimate of drug-likeness (QED) is 0.350. The van der Waals surface area contributed by atoms with Gasteiger partial charge >= 0.3 is 0 Å². The summed E-state index contributed by atoms with van der Waals surface area (Å²) in [5, 5.41) is 6.70. The molecule has 1 aromatic rings. The van der Waals surface area contributed by atoms with Crippen LogP contribution in [0.3, 0.4) is 0 Å². The van der Waals surface area contributed by atoms with Crippen molar-refractivity contribution in [3.8, 4) is 0 Å². The van der Waals surface area contributed by atoms with E-state index in [1.165, 1.54) is 12.0 Å². The second-order valence-electron chi connectivity index (χ2n) is 6.04. The Bertz CT molecular complexity index is 437. The lowest BCUT2D eigenvalue weighted by Crippen LogP contribution is -2.40. The van der Waals surface area contributed by atoms with Gasteiger partial charge in [0.2, 0.25) is 0 Å². The maximum absolute atomic E-state index is 5.77. The lowest BCUT2D eigenvalue weighted by atomic mass is 10.2. The fourth-order valence-corrected chi connectivity index (χ4v) is 2.26. The minimum Gasteiger partial charge on any atom is -0.385 e. The summed E-state index contributed by atoms with van der Waals surface area (Å²) >= 11 is 0. The van der Waals surface area contributed by atoms with E-state index < -0.39 is 0 Å². The van der Waals surface area contributed by atoms with Crippen LogP contribution < -0.4 is 10.6 Å². The molecule has 0 fully saturated rings. The zero-order valence-electron chi connectivity index (χ0n) is 15.4. The molecule has 24 heavy (non-hydrogen) atoms. The topological polar surface area (TPSA) is 54.9 Å². The smallest absolute Gasteiger partial charge is 0.190 e. The van der Waals surface area contributed by atoms with Gasteiger partial charge in [0.05, 0.1) is 13.2 Å². The Kier molecular flexibility index (Phi) is 11.8. The molecule has 0 aliphatic rings. The number of guanidine groups is 1. The Morgan fingerprint density at radius 1 is 1.12 bits per heavy atom.